The number of unbranched alkanes of at least 4 members (excludes halogenated alkanes) is 9. The van der Waals surface area contributed by atoms with Gasteiger partial charge in [-0.3, -0.25) is 4.79 Å². The quantitative estimate of drug-likeness (QED) is 0.319. The summed E-state index contributed by atoms with van der Waals surface area (Å²) in [5.41, 5.74) is 1.75. The van der Waals surface area contributed by atoms with Crippen LogP contribution in [0.3, 0.4) is 0 Å². The molecule has 1 aliphatic rings. The molecule has 0 saturated heterocycles. The fraction of sp³-hybridized carbons (Fsp3) is 0.593. The van der Waals surface area contributed by atoms with E-state index in [-0.39, 0.29) is 5.91 Å². The lowest BCUT2D eigenvalue weighted by Crippen LogP contribution is -2.30. The Morgan fingerprint density at radius 3 is 2.34 bits per heavy atom. The zero-order chi connectivity index (χ0) is 23.0. The number of benzene rings is 1. The summed E-state index contributed by atoms with van der Waals surface area (Å²) in [6, 6.07) is 5.86. The first-order valence-corrected chi connectivity index (χ1v) is 12.3. The molecule has 0 atom stereocenters. The van der Waals surface area contributed by atoms with Crippen molar-refractivity contribution in [3.05, 3.63) is 47.7 Å². The maximum absolute atomic E-state index is 12.4. The van der Waals surface area contributed by atoms with Crippen LogP contribution in [0.4, 0.5) is 0 Å². The first-order valence-electron chi connectivity index (χ1n) is 12.3. The lowest BCUT2D eigenvalue weighted by atomic mass is 10.1. The summed E-state index contributed by atoms with van der Waals surface area (Å²) < 4.78 is 11.5. The molecule has 1 N–H and O–H groups in total. The van der Waals surface area contributed by atoms with Gasteiger partial charge in [0, 0.05) is 25.7 Å². The number of nitrogens with one attached hydrogen (secondary N) is 1. The van der Waals surface area contributed by atoms with Gasteiger partial charge in [-0.15, -0.1) is 0 Å². The molecule has 1 amide bonds. The van der Waals surface area contributed by atoms with Crippen molar-refractivity contribution in [1.82, 2.24) is 10.2 Å². The fourth-order valence-electron chi connectivity index (χ4n) is 3.84. The molecule has 1 aromatic rings. The zero-order valence-electron chi connectivity index (χ0n) is 20.3. The van der Waals surface area contributed by atoms with Crippen LogP contribution in [-0.2, 0) is 11.3 Å². The maximum atomic E-state index is 12.4. The smallest absolute Gasteiger partial charge is 0.249 e. The summed E-state index contributed by atoms with van der Waals surface area (Å²) in [7, 11) is 3.61. The Balaban J connectivity index is 1.65. The van der Waals surface area contributed by atoms with Crippen molar-refractivity contribution in [2.45, 2.75) is 77.7 Å². The summed E-state index contributed by atoms with van der Waals surface area (Å²) in [5.74, 6) is 1.44. The molecule has 1 aliphatic heterocycles. The molecule has 0 radical (unpaired) electrons. The molecular formula is C27H42N2O3. The van der Waals surface area contributed by atoms with Crippen LogP contribution in [0, 0.1) is 0 Å². The summed E-state index contributed by atoms with van der Waals surface area (Å²) >= 11 is 0. The summed E-state index contributed by atoms with van der Waals surface area (Å²) in [5, 5.41) is 2.99. The summed E-state index contributed by atoms with van der Waals surface area (Å²) in [4.78, 5) is 14.4. The van der Waals surface area contributed by atoms with Gasteiger partial charge in [-0.1, -0.05) is 76.9 Å². The van der Waals surface area contributed by atoms with Crippen LogP contribution in [0.5, 0.6) is 11.5 Å². The van der Waals surface area contributed by atoms with E-state index in [4.69, 9.17) is 9.47 Å². The van der Waals surface area contributed by atoms with Crippen LogP contribution < -0.4 is 14.8 Å². The van der Waals surface area contributed by atoms with Gasteiger partial charge in [0.15, 0.2) is 11.5 Å². The second-order valence-electron chi connectivity index (χ2n) is 8.65. The van der Waals surface area contributed by atoms with Crippen LogP contribution in [-0.4, -0.2) is 38.1 Å². The minimum atomic E-state index is -0.0403. The van der Waals surface area contributed by atoms with Crippen molar-refractivity contribution in [2.24, 2.45) is 0 Å². The molecule has 1 aromatic carbocycles. The average Bonchev–Trinajstić information content (AvgIpc) is 2.81. The standard InChI is InChI=1S/C27H42N2O3/c1-4-5-6-7-8-9-10-11-12-13-19-32-25-17-16-23(20-26(25)31-3)21-28-27(30)24-15-14-18-29(2)22-24/h14-18,20H,4-13,19,21-22H2,1-3H3,(H,28,30). The monoisotopic (exact) mass is 442 g/mol. The SMILES string of the molecule is CCCCCCCCCCCCOc1ccc(CNC(=O)C2=CC=CN(C)C2)cc1OC. The Labute approximate surface area is 194 Å². The van der Waals surface area contributed by atoms with Crippen LogP contribution in [0.2, 0.25) is 0 Å². The average molecular weight is 443 g/mol. The van der Waals surface area contributed by atoms with Crippen molar-refractivity contribution >= 4 is 5.91 Å². The molecular weight excluding hydrogens is 400 g/mol. The number of ether oxygens (including phenoxy) is 2. The number of carbonyl (C=O) groups excluding carboxylic acids is 1. The second-order valence-corrected chi connectivity index (χ2v) is 8.65. The van der Waals surface area contributed by atoms with Crippen LogP contribution in [0.15, 0.2) is 42.1 Å². The Bertz CT molecular complexity index is 742. The molecule has 2 rings (SSSR count). The molecule has 178 valence electrons. The van der Waals surface area contributed by atoms with Gasteiger partial charge < -0.3 is 19.7 Å². The van der Waals surface area contributed by atoms with E-state index in [1.165, 1.54) is 57.8 Å². The number of likely N-dealkylation sites (N-methyl/N-ethyl adjacent to an activating group) is 1. The highest BCUT2D eigenvalue weighted by Crippen LogP contribution is 2.28. The molecule has 0 aliphatic carbocycles. The van der Waals surface area contributed by atoms with Gasteiger partial charge in [-0.25, -0.2) is 0 Å². The molecule has 5 nitrogen and oxygen atoms in total. The molecule has 0 fully saturated rings. The Hall–Kier alpha value is -2.43. The van der Waals surface area contributed by atoms with Crippen molar-refractivity contribution in [3.8, 4) is 11.5 Å². The van der Waals surface area contributed by atoms with Crippen LogP contribution in [0.1, 0.15) is 76.7 Å². The normalized spacial score (nSPS) is 13.1. The van der Waals surface area contributed by atoms with Crippen LogP contribution in [0.25, 0.3) is 0 Å². The molecule has 0 bridgehead atoms. The highest BCUT2D eigenvalue weighted by molar-refractivity contribution is 5.94. The second kappa shape index (κ2) is 15.4. The molecule has 32 heavy (non-hydrogen) atoms. The van der Waals surface area contributed by atoms with Gasteiger partial charge >= 0.3 is 0 Å². The third kappa shape index (κ3) is 9.80. The van der Waals surface area contributed by atoms with E-state index in [1.54, 1.807) is 7.11 Å². The van der Waals surface area contributed by atoms with E-state index in [2.05, 4.69) is 12.2 Å². The van der Waals surface area contributed by atoms with Gasteiger partial charge in [-0.2, -0.15) is 0 Å². The Kier molecular flexibility index (Phi) is 12.4. The maximum Gasteiger partial charge on any atom is 0.249 e. The molecule has 5 heteroatoms. The Morgan fingerprint density at radius 2 is 1.69 bits per heavy atom. The predicted molar refractivity (Wildman–Crippen MR) is 132 cm³/mol. The predicted octanol–water partition coefficient (Wildman–Crippen LogP) is 6.00. The first-order chi connectivity index (χ1) is 15.6. The van der Waals surface area contributed by atoms with Gasteiger partial charge in [0.05, 0.1) is 13.7 Å². The largest absolute Gasteiger partial charge is 0.493 e. The third-order valence-electron chi connectivity index (χ3n) is 5.79. The van der Waals surface area contributed by atoms with E-state index >= 15 is 0 Å². The molecule has 0 saturated carbocycles. The number of methoxy groups -OCH3 is 1. The lowest BCUT2D eigenvalue weighted by Gasteiger charge is -2.19. The summed E-state index contributed by atoms with van der Waals surface area (Å²) in [6.45, 7) is 4.05. The van der Waals surface area contributed by atoms with E-state index < -0.39 is 0 Å². The molecule has 1 heterocycles. The van der Waals surface area contributed by atoms with E-state index in [9.17, 15) is 4.79 Å². The molecule has 0 unspecified atom stereocenters. The van der Waals surface area contributed by atoms with Crippen LogP contribution >= 0.6 is 0 Å². The number of allylic oxidation sites excluding steroid dienone is 2. The minimum Gasteiger partial charge on any atom is -0.493 e. The molecule has 0 spiro atoms. The number of nitrogens with zero attached hydrogens (tertiary/aromatic N) is 1. The van der Waals surface area contributed by atoms with Gasteiger partial charge in [0.25, 0.3) is 0 Å². The zero-order valence-corrected chi connectivity index (χ0v) is 20.3. The first kappa shape index (κ1) is 25.8. The number of hydrogen-bond acceptors (Lipinski definition) is 4. The van der Waals surface area contributed by atoms with Crippen molar-refractivity contribution in [2.75, 3.05) is 27.3 Å². The minimum absolute atomic E-state index is 0.0403. The van der Waals surface area contributed by atoms with Crippen molar-refractivity contribution in [3.63, 3.8) is 0 Å². The lowest BCUT2D eigenvalue weighted by molar-refractivity contribution is -0.117. The highest BCUT2D eigenvalue weighted by atomic mass is 16.5. The number of hydrogen-bond donors (Lipinski definition) is 1. The third-order valence-corrected chi connectivity index (χ3v) is 5.79. The van der Waals surface area contributed by atoms with Gasteiger partial charge in [0.1, 0.15) is 0 Å². The van der Waals surface area contributed by atoms with E-state index in [1.807, 2.05) is 48.5 Å². The van der Waals surface area contributed by atoms with Crippen molar-refractivity contribution < 1.29 is 14.3 Å². The Morgan fingerprint density at radius 1 is 1.00 bits per heavy atom. The number of carbonyl (C=O) groups is 1. The van der Waals surface area contributed by atoms with Gasteiger partial charge in [-0.05, 0) is 36.4 Å². The number of amides is 1. The van der Waals surface area contributed by atoms with Gasteiger partial charge in [0.2, 0.25) is 5.91 Å². The van der Waals surface area contributed by atoms with Crippen molar-refractivity contribution in [1.29, 1.82) is 0 Å². The topological polar surface area (TPSA) is 50.8 Å². The summed E-state index contributed by atoms with van der Waals surface area (Å²) in [6.07, 6.45) is 18.8. The number of rotatable bonds is 16. The highest BCUT2D eigenvalue weighted by Gasteiger charge is 2.13. The van der Waals surface area contributed by atoms with E-state index in [0.717, 1.165) is 23.3 Å². The fourth-order valence-corrected chi connectivity index (χ4v) is 3.84. The molecule has 0 aromatic heterocycles. The van der Waals surface area contributed by atoms with E-state index in [0.29, 0.717) is 25.4 Å².